The Morgan fingerprint density at radius 1 is 1.40 bits per heavy atom. The van der Waals surface area contributed by atoms with Gasteiger partial charge in [-0.15, -0.1) is 0 Å². The molecule has 0 spiro atoms. The smallest absolute Gasteiger partial charge is 0.0574 e. The van der Waals surface area contributed by atoms with Gasteiger partial charge in [-0.1, -0.05) is 34.9 Å². The van der Waals surface area contributed by atoms with E-state index in [1.807, 2.05) is 7.05 Å². The van der Waals surface area contributed by atoms with Crippen molar-refractivity contribution in [3.8, 4) is 0 Å². The lowest BCUT2D eigenvalue weighted by Crippen LogP contribution is -1.98. The number of anilines is 2. The zero-order chi connectivity index (χ0) is 11.3. The number of nitrogens with one attached hydrogen (secondary N) is 1. The predicted octanol–water partition coefficient (Wildman–Crippen LogP) is 3.63. The van der Waals surface area contributed by atoms with Crippen molar-refractivity contribution in [1.29, 1.82) is 0 Å². The lowest BCUT2D eigenvalue weighted by atomic mass is 10.1. The summed E-state index contributed by atoms with van der Waals surface area (Å²) in [6.07, 6.45) is 4.36. The van der Waals surface area contributed by atoms with Crippen molar-refractivity contribution in [2.75, 3.05) is 24.4 Å². The highest BCUT2D eigenvalue weighted by atomic mass is 33.1. The summed E-state index contributed by atoms with van der Waals surface area (Å²) in [6.45, 7) is 2.20. The van der Waals surface area contributed by atoms with Crippen LogP contribution in [0.25, 0.3) is 0 Å². The quantitative estimate of drug-likeness (QED) is 0.611. The third-order valence-corrected chi connectivity index (χ3v) is 3.96. The molecule has 1 aromatic carbocycles. The minimum absolute atomic E-state index is 0.828. The van der Waals surface area contributed by atoms with Crippen LogP contribution in [0, 0.1) is 0 Å². The number of rotatable bonds is 5. The first-order valence-electron chi connectivity index (χ1n) is 5.03. The molecule has 0 bridgehead atoms. The van der Waals surface area contributed by atoms with Crippen LogP contribution in [0.3, 0.4) is 0 Å². The molecule has 0 aliphatic carbocycles. The molecule has 2 nitrogen and oxygen atoms in total. The Morgan fingerprint density at radius 3 is 2.67 bits per heavy atom. The van der Waals surface area contributed by atoms with Crippen LogP contribution in [-0.4, -0.2) is 13.3 Å². The number of hydrogen-bond donors (Lipinski definition) is 2. The fourth-order valence-corrected chi connectivity index (χ4v) is 3.12. The van der Waals surface area contributed by atoms with Gasteiger partial charge >= 0.3 is 0 Å². The first kappa shape index (κ1) is 12.6. The van der Waals surface area contributed by atoms with E-state index in [0.717, 1.165) is 24.2 Å². The number of benzene rings is 1. The first-order chi connectivity index (χ1) is 7.22. The molecule has 0 aliphatic heterocycles. The van der Waals surface area contributed by atoms with Crippen LogP contribution >= 0.6 is 21.6 Å². The zero-order valence-corrected chi connectivity index (χ0v) is 11.1. The minimum atomic E-state index is 0.828. The standard InChI is InChI=1S/C11H18N2S2/c1-4-5-8-6-10(13-2)9(12)7-11(8)15-14-3/h6-7,13H,4-5,12H2,1-3H3. The maximum atomic E-state index is 5.94. The molecule has 1 rings (SSSR count). The Hall–Kier alpha value is -0.480. The predicted molar refractivity (Wildman–Crippen MR) is 73.8 cm³/mol. The molecular formula is C11H18N2S2. The molecule has 0 fully saturated rings. The van der Waals surface area contributed by atoms with Crippen molar-refractivity contribution in [2.24, 2.45) is 0 Å². The van der Waals surface area contributed by atoms with E-state index in [1.165, 1.54) is 10.5 Å². The van der Waals surface area contributed by atoms with Crippen LogP contribution in [0.2, 0.25) is 0 Å². The van der Waals surface area contributed by atoms with E-state index in [4.69, 9.17) is 5.73 Å². The molecule has 0 heterocycles. The second-order valence-corrected chi connectivity index (χ2v) is 5.74. The van der Waals surface area contributed by atoms with Crippen LogP contribution in [0.15, 0.2) is 17.0 Å². The summed E-state index contributed by atoms with van der Waals surface area (Å²) in [5.74, 6) is 0. The molecule has 84 valence electrons. The zero-order valence-electron chi connectivity index (χ0n) is 9.46. The van der Waals surface area contributed by atoms with Crippen LogP contribution < -0.4 is 11.1 Å². The molecule has 4 heteroatoms. The van der Waals surface area contributed by atoms with Crippen LogP contribution in [0.5, 0.6) is 0 Å². The second kappa shape index (κ2) is 6.18. The molecule has 0 saturated carbocycles. The lowest BCUT2D eigenvalue weighted by Gasteiger charge is -2.12. The van der Waals surface area contributed by atoms with Crippen molar-refractivity contribution < 1.29 is 0 Å². The van der Waals surface area contributed by atoms with Gasteiger partial charge in [-0.05, 0) is 30.4 Å². The Balaban J connectivity index is 3.07. The van der Waals surface area contributed by atoms with Crippen LogP contribution in [0.1, 0.15) is 18.9 Å². The van der Waals surface area contributed by atoms with Gasteiger partial charge in [-0.3, -0.25) is 0 Å². The van der Waals surface area contributed by atoms with Gasteiger partial charge < -0.3 is 11.1 Å². The normalized spacial score (nSPS) is 10.3. The Kier molecular flexibility index (Phi) is 5.19. The Labute approximate surface area is 99.8 Å². The van der Waals surface area contributed by atoms with E-state index in [1.54, 1.807) is 21.6 Å². The number of nitrogen functional groups attached to an aromatic ring is 1. The van der Waals surface area contributed by atoms with Gasteiger partial charge in [0.1, 0.15) is 0 Å². The van der Waals surface area contributed by atoms with Crippen molar-refractivity contribution in [1.82, 2.24) is 0 Å². The SMILES string of the molecule is CCCc1cc(NC)c(N)cc1SSC. The Bertz CT molecular complexity index is 327. The fraction of sp³-hybridized carbons (Fsp3) is 0.455. The van der Waals surface area contributed by atoms with Gasteiger partial charge in [-0.2, -0.15) is 0 Å². The number of aryl methyl sites for hydroxylation is 1. The third kappa shape index (κ3) is 3.24. The second-order valence-electron chi connectivity index (χ2n) is 3.30. The molecule has 3 N–H and O–H groups in total. The van der Waals surface area contributed by atoms with E-state index < -0.39 is 0 Å². The molecule has 0 radical (unpaired) electrons. The van der Waals surface area contributed by atoms with Crippen molar-refractivity contribution in [3.63, 3.8) is 0 Å². The van der Waals surface area contributed by atoms with Crippen molar-refractivity contribution in [2.45, 2.75) is 24.7 Å². The van der Waals surface area contributed by atoms with Gasteiger partial charge in [0, 0.05) is 11.9 Å². The summed E-state index contributed by atoms with van der Waals surface area (Å²) in [4.78, 5) is 1.29. The van der Waals surface area contributed by atoms with E-state index >= 15 is 0 Å². The molecule has 0 aliphatic rings. The Morgan fingerprint density at radius 2 is 2.13 bits per heavy atom. The molecule has 0 unspecified atom stereocenters. The van der Waals surface area contributed by atoms with Gasteiger partial charge in [0.15, 0.2) is 0 Å². The number of hydrogen-bond acceptors (Lipinski definition) is 4. The molecule has 0 aromatic heterocycles. The van der Waals surface area contributed by atoms with Crippen LogP contribution in [-0.2, 0) is 6.42 Å². The van der Waals surface area contributed by atoms with Crippen molar-refractivity contribution >= 4 is 33.0 Å². The first-order valence-corrected chi connectivity index (χ1v) is 7.59. The maximum absolute atomic E-state index is 5.94. The van der Waals surface area contributed by atoms with Crippen LogP contribution in [0.4, 0.5) is 11.4 Å². The largest absolute Gasteiger partial charge is 0.397 e. The van der Waals surface area contributed by atoms with Gasteiger partial charge in [0.25, 0.3) is 0 Å². The summed E-state index contributed by atoms with van der Waals surface area (Å²) < 4.78 is 0. The van der Waals surface area contributed by atoms with E-state index in [9.17, 15) is 0 Å². The maximum Gasteiger partial charge on any atom is 0.0574 e. The van der Waals surface area contributed by atoms with E-state index in [0.29, 0.717) is 0 Å². The van der Waals surface area contributed by atoms with E-state index in [2.05, 4.69) is 30.6 Å². The average Bonchev–Trinajstić information content (AvgIpc) is 2.22. The molecule has 1 aromatic rings. The molecule has 0 amide bonds. The lowest BCUT2D eigenvalue weighted by molar-refractivity contribution is 0.902. The van der Waals surface area contributed by atoms with E-state index in [-0.39, 0.29) is 0 Å². The number of nitrogens with two attached hydrogens (primary N) is 1. The van der Waals surface area contributed by atoms with Gasteiger partial charge in [0.2, 0.25) is 0 Å². The average molecular weight is 242 g/mol. The van der Waals surface area contributed by atoms with Gasteiger partial charge in [-0.25, -0.2) is 0 Å². The fourth-order valence-electron chi connectivity index (χ4n) is 1.49. The summed E-state index contributed by atoms with van der Waals surface area (Å²) in [7, 11) is 5.45. The highest BCUT2D eigenvalue weighted by Crippen LogP contribution is 2.36. The topological polar surface area (TPSA) is 38.0 Å². The summed E-state index contributed by atoms with van der Waals surface area (Å²) in [5.41, 5.74) is 9.19. The monoisotopic (exact) mass is 242 g/mol. The highest BCUT2D eigenvalue weighted by Gasteiger charge is 2.07. The highest BCUT2D eigenvalue weighted by molar-refractivity contribution is 8.76. The molecule has 15 heavy (non-hydrogen) atoms. The van der Waals surface area contributed by atoms with Crippen molar-refractivity contribution in [3.05, 3.63) is 17.7 Å². The summed E-state index contributed by atoms with van der Waals surface area (Å²) in [6, 6.07) is 4.23. The third-order valence-electron chi connectivity index (χ3n) is 2.19. The summed E-state index contributed by atoms with van der Waals surface area (Å²) >= 11 is 0. The summed E-state index contributed by atoms with van der Waals surface area (Å²) in [5, 5.41) is 3.12. The molecule has 0 saturated heterocycles. The minimum Gasteiger partial charge on any atom is -0.397 e. The molecule has 0 atom stereocenters. The van der Waals surface area contributed by atoms with Gasteiger partial charge in [0.05, 0.1) is 11.4 Å². The molecular weight excluding hydrogens is 224 g/mol.